The van der Waals surface area contributed by atoms with Gasteiger partial charge in [-0.05, 0) is 83.5 Å². The summed E-state index contributed by atoms with van der Waals surface area (Å²) in [4.78, 5) is 13.2. The van der Waals surface area contributed by atoms with Gasteiger partial charge in [-0.15, -0.1) is 0 Å². The van der Waals surface area contributed by atoms with Crippen LogP contribution in [-0.4, -0.2) is 140 Å². The zero-order valence-electron chi connectivity index (χ0n) is 43.9. The Bertz CT molecular complexity index is 1570. The molecule has 2 rings (SSSR count). The van der Waals surface area contributed by atoms with Crippen LogP contribution in [0, 0.1) is 0 Å². The number of carbonyl (C=O) groups is 1. The Morgan fingerprint density at radius 2 is 0.972 bits per heavy atom. The third-order valence-corrected chi connectivity index (χ3v) is 12.8. The number of rotatable bonds is 41. The lowest BCUT2D eigenvalue weighted by Crippen LogP contribution is -2.65. The predicted molar refractivity (Wildman–Crippen MR) is 286 cm³/mol. The minimum Gasteiger partial charge on any atom is -0.394 e. The fourth-order valence-corrected chi connectivity index (χ4v) is 8.31. The summed E-state index contributed by atoms with van der Waals surface area (Å²) in [5.41, 5.74) is 0. The lowest BCUT2D eigenvalue weighted by atomic mass is 9.97. The number of hydrogen-bond donors (Lipinski definition) is 9. The van der Waals surface area contributed by atoms with E-state index in [0.29, 0.717) is 12.8 Å². The highest BCUT2D eigenvalue weighted by atomic mass is 16.7. The van der Waals surface area contributed by atoms with Crippen molar-refractivity contribution in [3.05, 3.63) is 97.2 Å². The van der Waals surface area contributed by atoms with Crippen molar-refractivity contribution in [1.29, 1.82) is 0 Å². The Kier molecular flexibility index (Phi) is 39.0. The largest absolute Gasteiger partial charge is 0.394 e. The molecule has 0 bridgehead atoms. The standard InChI is InChI=1S/C58H97NO13/c1-3-5-7-9-11-13-14-15-16-17-18-19-20-21-22-23-24-25-26-27-28-29-30-31-32-34-36-38-40-42-50(63)59-46(47(62)41-39-37-35-33-12-10-8-6-4-2)45-69-57-55(68)53(66)56(49(44-61)71-57)72-58-54(67)52(65)51(64)48(43-60)70-58/h5,7,11-13,15-16,18-19,21-22,24-25,33,39,41,46-49,51-58,60-62,64-68H,3-4,6,8-10,14,17,20,23,26-32,34-38,40,42-45H2,1-2H3,(H,59,63)/b7-5-,13-11-,16-15-,19-18-,22-21-,25-24-,33-12+,41-39+. The average molecular weight is 1020 g/mol. The first-order valence-corrected chi connectivity index (χ1v) is 27.5. The average Bonchev–Trinajstić information content (AvgIpc) is 3.38. The van der Waals surface area contributed by atoms with Gasteiger partial charge < -0.3 is 65.1 Å². The van der Waals surface area contributed by atoms with Crippen LogP contribution >= 0.6 is 0 Å². The van der Waals surface area contributed by atoms with Crippen LogP contribution in [0.3, 0.4) is 0 Å². The molecule has 12 unspecified atom stereocenters. The number of hydrogen-bond acceptors (Lipinski definition) is 13. The summed E-state index contributed by atoms with van der Waals surface area (Å²) in [5.74, 6) is -0.263. The number of ether oxygens (including phenoxy) is 4. The van der Waals surface area contributed by atoms with Gasteiger partial charge in [0.25, 0.3) is 0 Å². The quantitative estimate of drug-likeness (QED) is 0.0208. The Labute approximate surface area is 433 Å². The first-order chi connectivity index (χ1) is 35.1. The van der Waals surface area contributed by atoms with Crippen LogP contribution in [0.25, 0.3) is 0 Å². The van der Waals surface area contributed by atoms with Gasteiger partial charge in [0.1, 0.15) is 48.8 Å². The van der Waals surface area contributed by atoms with Gasteiger partial charge in [-0.3, -0.25) is 4.79 Å². The summed E-state index contributed by atoms with van der Waals surface area (Å²) in [7, 11) is 0. The molecule has 2 aliphatic heterocycles. The van der Waals surface area contributed by atoms with E-state index in [0.717, 1.165) is 83.5 Å². The van der Waals surface area contributed by atoms with Gasteiger partial charge in [-0.2, -0.15) is 0 Å². The zero-order valence-corrected chi connectivity index (χ0v) is 43.9. The molecule has 0 spiro atoms. The summed E-state index contributed by atoms with van der Waals surface area (Å²) in [6.07, 6.45) is 41.9. The van der Waals surface area contributed by atoms with Crippen LogP contribution < -0.4 is 5.32 Å². The van der Waals surface area contributed by atoms with Crippen molar-refractivity contribution in [1.82, 2.24) is 5.32 Å². The van der Waals surface area contributed by atoms with E-state index in [1.807, 2.05) is 6.08 Å². The summed E-state index contributed by atoms with van der Waals surface area (Å²) < 4.78 is 22.6. The summed E-state index contributed by atoms with van der Waals surface area (Å²) in [6.45, 7) is 2.57. The molecule has 0 aromatic rings. The van der Waals surface area contributed by atoms with Crippen LogP contribution in [0.15, 0.2) is 97.2 Å². The van der Waals surface area contributed by atoms with Gasteiger partial charge in [0.05, 0.1) is 32.0 Å². The SMILES string of the molecule is CC/C=C\C/C=C\C/C=C\C/C=C\C/C=C\C/C=C\CCCCCCCCCCCCC(=O)NC(COC1OC(CO)C(OC2OC(CO)C(O)C(O)C2O)C(O)C1O)C(O)/C=C/CC/C=C/CCCCC. The van der Waals surface area contributed by atoms with Crippen LogP contribution in [0.5, 0.6) is 0 Å². The first-order valence-electron chi connectivity index (χ1n) is 27.5. The van der Waals surface area contributed by atoms with Crippen molar-refractivity contribution in [2.45, 2.75) is 242 Å². The van der Waals surface area contributed by atoms with Crippen molar-refractivity contribution in [2.24, 2.45) is 0 Å². The molecule has 2 heterocycles. The van der Waals surface area contributed by atoms with Gasteiger partial charge in [-0.25, -0.2) is 0 Å². The molecular formula is C58H97NO13. The monoisotopic (exact) mass is 1020 g/mol. The maximum absolute atomic E-state index is 13.2. The molecule has 0 saturated carbocycles. The Morgan fingerprint density at radius 3 is 1.53 bits per heavy atom. The van der Waals surface area contributed by atoms with Gasteiger partial charge in [0.2, 0.25) is 5.91 Å². The van der Waals surface area contributed by atoms with E-state index in [9.17, 15) is 45.6 Å². The topological polar surface area (TPSA) is 228 Å². The van der Waals surface area contributed by atoms with Gasteiger partial charge in [-0.1, -0.05) is 175 Å². The molecule has 0 radical (unpaired) electrons. The zero-order chi connectivity index (χ0) is 52.4. The molecule has 0 aliphatic carbocycles. The van der Waals surface area contributed by atoms with E-state index in [-0.39, 0.29) is 18.9 Å². The Balaban J connectivity index is 1.69. The summed E-state index contributed by atoms with van der Waals surface area (Å²) in [6, 6.07) is -0.937. The number of aliphatic hydroxyl groups excluding tert-OH is 8. The fourth-order valence-electron chi connectivity index (χ4n) is 8.31. The third-order valence-electron chi connectivity index (χ3n) is 12.8. The minimum absolute atomic E-state index is 0.261. The lowest BCUT2D eigenvalue weighted by Gasteiger charge is -2.46. The van der Waals surface area contributed by atoms with Crippen molar-refractivity contribution in [3.8, 4) is 0 Å². The molecule has 14 heteroatoms. The normalized spacial score (nSPS) is 26.4. The van der Waals surface area contributed by atoms with Crippen molar-refractivity contribution in [2.75, 3.05) is 19.8 Å². The van der Waals surface area contributed by atoms with Crippen LogP contribution in [0.4, 0.5) is 0 Å². The number of nitrogens with one attached hydrogen (secondary N) is 1. The molecule has 412 valence electrons. The van der Waals surface area contributed by atoms with Crippen molar-refractivity contribution in [3.63, 3.8) is 0 Å². The molecule has 2 saturated heterocycles. The Morgan fingerprint density at radius 1 is 0.514 bits per heavy atom. The maximum atomic E-state index is 13.2. The number of amides is 1. The molecule has 0 aromatic carbocycles. The van der Waals surface area contributed by atoms with E-state index in [2.05, 4.69) is 104 Å². The third kappa shape index (κ3) is 29.1. The predicted octanol–water partition coefficient (Wildman–Crippen LogP) is 8.32. The molecule has 12 atom stereocenters. The van der Waals surface area contributed by atoms with E-state index in [1.165, 1.54) is 51.4 Å². The van der Waals surface area contributed by atoms with Crippen LogP contribution in [0.1, 0.15) is 168 Å². The number of allylic oxidation sites excluding steroid dienone is 15. The van der Waals surface area contributed by atoms with Crippen LogP contribution in [0.2, 0.25) is 0 Å². The van der Waals surface area contributed by atoms with E-state index >= 15 is 0 Å². The number of unbranched alkanes of at least 4 members (excludes halogenated alkanes) is 14. The highest BCUT2D eigenvalue weighted by Crippen LogP contribution is 2.30. The second kappa shape index (κ2) is 43.2. The van der Waals surface area contributed by atoms with E-state index in [4.69, 9.17) is 18.9 Å². The molecule has 2 aliphatic rings. The van der Waals surface area contributed by atoms with Crippen LogP contribution in [-0.2, 0) is 23.7 Å². The van der Waals surface area contributed by atoms with Crippen molar-refractivity contribution < 1.29 is 64.6 Å². The molecule has 1 amide bonds. The summed E-state index contributed by atoms with van der Waals surface area (Å²) >= 11 is 0. The molecule has 14 nitrogen and oxygen atoms in total. The van der Waals surface area contributed by atoms with E-state index in [1.54, 1.807) is 6.08 Å². The minimum atomic E-state index is -1.79. The number of carbonyl (C=O) groups excluding carboxylic acids is 1. The molecular weight excluding hydrogens is 919 g/mol. The number of aliphatic hydroxyl groups is 8. The van der Waals surface area contributed by atoms with Gasteiger partial charge in [0, 0.05) is 6.42 Å². The van der Waals surface area contributed by atoms with Gasteiger partial charge in [0.15, 0.2) is 12.6 Å². The molecule has 0 aromatic heterocycles. The molecule has 9 N–H and O–H groups in total. The maximum Gasteiger partial charge on any atom is 0.220 e. The highest BCUT2D eigenvalue weighted by molar-refractivity contribution is 5.76. The fraction of sp³-hybridized carbons (Fsp3) is 0.707. The van der Waals surface area contributed by atoms with E-state index < -0.39 is 86.8 Å². The van der Waals surface area contributed by atoms with Crippen molar-refractivity contribution >= 4 is 5.91 Å². The molecule has 2 fully saturated rings. The lowest BCUT2D eigenvalue weighted by molar-refractivity contribution is -0.359. The Hall–Kier alpha value is -3.09. The second-order valence-electron chi connectivity index (χ2n) is 19.0. The smallest absolute Gasteiger partial charge is 0.220 e. The summed E-state index contributed by atoms with van der Waals surface area (Å²) in [5, 5.41) is 86.6. The highest BCUT2D eigenvalue weighted by Gasteiger charge is 2.51. The van der Waals surface area contributed by atoms with Gasteiger partial charge >= 0.3 is 0 Å². The first kappa shape index (κ1) is 65.0. The second-order valence-corrected chi connectivity index (χ2v) is 19.0. The molecule has 72 heavy (non-hydrogen) atoms.